The van der Waals surface area contributed by atoms with Crippen LogP contribution in [0.1, 0.15) is 13.8 Å². The molecule has 21 heavy (non-hydrogen) atoms. The lowest BCUT2D eigenvalue weighted by Crippen LogP contribution is -2.52. The summed E-state index contributed by atoms with van der Waals surface area (Å²) in [5.74, 6) is 0.527. The third kappa shape index (κ3) is 4.15. The van der Waals surface area contributed by atoms with Crippen LogP contribution in [0.4, 0.5) is 5.82 Å². The maximum absolute atomic E-state index is 12.0. The first-order chi connectivity index (χ1) is 9.89. The van der Waals surface area contributed by atoms with Crippen molar-refractivity contribution in [1.82, 2.24) is 10.3 Å². The first-order valence-corrected chi connectivity index (χ1v) is 9.01. The molecule has 0 saturated carbocycles. The van der Waals surface area contributed by atoms with Gasteiger partial charge in [0, 0.05) is 31.6 Å². The summed E-state index contributed by atoms with van der Waals surface area (Å²) in [7, 11) is -3.30. The Morgan fingerprint density at radius 3 is 2.95 bits per heavy atom. The van der Waals surface area contributed by atoms with Gasteiger partial charge in [-0.3, -0.25) is 0 Å². The van der Waals surface area contributed by atoms with E-state index in [2.05, 4.69) is 24.1 Å². The monoisotopic (exact) mass is 313 g/mol. The second kappa shape index (κ2) is 6.72. The van der Waals surface area contributed by atoms with Crippen molar-refractivity contribution in [3.63, 3.8) is 0 Å². The van der Waals surface area contributed by atoms with Crippen molar-refractivity contribution < 1.29 is 13.2 Å². The zero-order valence-electron chi connectivity index (χ0n) is 12.7. The van der Waals surface area contributed by atoms with Crippen LogP contribution in [-0.2, 0) is 14.6 Å². The van der Waals surface area contributed by atoms with Crippen molar-refractivity contribution in [3.8, 4) is 0 Å². The summed E-state index contributed by atoms with van der Waals surface area (Å²) in [5, 5.41) is 3.37. The largest absolute Gasteiger partial charge is 0.377 e. The lowest BCUT2D eigenvalue weighted by atomic mass is 10.2. The van der Waals surface area contributed by atoms with Crippen molar-refractivity contribution in [1.29, 1.82) is 0 Å². The number of morpholine rings is 1. The van der Waals surface area contributed by atoms with Crippen molar-refractivity contribution in [3.05, 3.63) is 18.3 Å². The number of anilines is 1. The van der Waals surface area contributed by atoms with Gasteiger partial charge in [0.05, 0.1) is 19.3 Å². The third-order valence-corrected chi connectivity index (χ3v) is 4.53. The van der Waals surface area contributed by atoms with E-state index >= 15 is 0 Å². The van der Waals surface area contributed by atoms with E-state index in [4.69, 9.17) is 4.74 Å². The normalized spacial score (nSPS) is 20.0. The molecule has 1 aliphatic heterocycles. The second-order valence-corrected chi connectivity index (χ2v) is 7.57. The minimum Gasteiger partial charge on any atom is -0.377 e. The van der Waals surface area contributed by atoms with E-state index in [1.165, 1.54) is 6.26 Å². The molecule has 0 aliphatic carbocycles. The van der Waals surface area contributed by atoms with Crippen LogP contribution < -0.4 is 10.2 Å². The molecule has 2 rings (SSSR count). The fourth-order valence-electron chi connectivity index (χ4n) is 2.36. The van der Waals surface area contributed by atoms with Gasteiger partial charge in [-0.1, -0.05) is 13.8 Å². The van der Waals surface area contributed by atoms with E-state index < -0.39 is 9.84 Å². The van der Waals surface area contributed by atoms with Crippen LogP contribution >= 0.6 is 0 Å². The minimum absolute atomic E-state index is 0.0801. The van der Waals surface area contributed by atoms with Gasteiger partial charge in [0.25, 0.3) is 0 Å². The molecule has 6 nitrogen and oxygen atoms in total. The summed E-state index contributed by atoms with van der Waals surface area (Å²) in [6.45, 7) is 6.69. The first kappa shape index (κ1) is 16.2. The Morgan fingerprint density at radius 2 is 2.29 bits per heavy atom. The number of nitrogens with zero attached hydrogens (tertiary/aromatic N) is 2. The summed E-state index contributed by atoms with van der Waals surface area (Å²) in [5.41, 5.74) is 0. The number of hydrogen-bond acceptors (Lipinski definition) is 6. The van der Waals surface area contributed by atoms with E-state index in [1.807, 2.05) is 4.90 Å². The number of sulfone groups is 1. The predicted molar refractivity (Wildman–Crippen MR) is 82.4 cm³/mol. The molecule has 1 saturated heterocycles. The highest BCUT2D eigenvalue weighted by atomic mass is 32.2. The maximum Gasteiger partial charge on any atom is 0.179 e. The molecule has 1 fully saturated rings. The zero-order valence-corrected chi connectivity index (χ0v) is 13.6. The van der Waals surface area contributed by atoms with Crippen molar-refractivity contribution in [2.45, 2.75) is 30.8 Å². The molecule has 0 spiro atoms. The third-order valence-electron chi connectivity index (χ3n) is 3.41. The average molecular weight is 313 g/mol. The zero-order chi connectivity index (χ0) is 15.5. The second-order valence-electron chi connectivity index (χ2n) is 5.58. The van der Waals surface area contributed by atoms with E-state index in [1.54, 1.807) is 18.3 Å². The van der Waals surface area contributed by atoms with E-state index in [-0.39, 0.29) is 10.9 Å². The van der Waals surface area contributed by atoms with Crippen molar-refractivity contribution in [2.75, 3.05) is 37.5 Å². The van der Waals surface area contributed by atoms with Gasteiger partial charge in [-0.15, -0.1) is 0 Å². The van der Waals surface area contributed by atoms with Crippen molar-refractivity contribution >= 4 is 15.7 Å². The van der Waals surface area contributed by atoms with Gasteiger partial charge in [0.1, 0.15) is 10.7 Å². The number of aromatic nitrogens is 1. The van der Waals surface area contributed by atoms with E-state index in [0.29, 0.717) is 31.6 Å². The van der Waals surface area contributed by atoms with Gasteiger partial charge in [-0.05, 0) is 12.1 Å². The average Bonchev–Trinajstić information content (AvgIpc) is 2.44. The van der Waals surface area contributed by atoms with Gasteiger partial charge >= 0.3 is 0 Å². The summed E-state index contributed by atoms with van der Waals surface area (Å²) in [6.07, 6.45) is 2.85. The smallest absolute Gasteiger partial charge is 0.179 e. The molecule has 0 bridgehead atoms. The number of nitrogens with one attached hydrogen (secondary N) is 1. The molecular weight excluding hydrogens is 290 g/mol. The number of rotatable bonds is 5. The highest BCUT2D eigenvalue weighted by Gasteiger charge is 2.28. The molecule has 118 valence electrons. The Kier molecular flexibility index (Phi) is 5.18. The number of ether oxygens (including phenoxy) is 1. The quantitative estimate of drug-likeness (QED) is 0.862. The molecule has 1 aromatic heterocycles. The molecule has 1 N–H and O–H groups in total. The van der Waals surface area contributed by atoms with Crippen LogP contribution in [0.5, 0.6) is 0 Å². The van der Waals surface area contributed by atoms with Gasteiger partial charge in [0.15, 0.2) is 9.84 Å². The van der Waals surface area contributed by atoms with Crippen LogP contribution in [0.3, 0.4) is 0 Å². The van der Waals surface area contributed by atoms with Crippen LogP contribution in [0.15, 0.2) is 23.2 Å². The van der Waals surface area contributed by atoms with Gasteiger partial charge < -0.3 is 15.0 Å². The lowest BCUT2D eigenvalue weighted by Gasteiger charge is -2.37. The van der Waals surface area contributed by atoms with Crippen molar-refractivity contribution in [2.24, 2.45) is 0 Å². The molecule has 0 radical (unpaired) electrons. The first-order valence-electron chi connectivity index (χ1n) is 7.12. The van der Waals surface area contributed by atoms with Crippen LogP contribution in [0.2, 0.25) is 0 Å². The predicted octanol–water partition coefficient (Wildman–Crippen LogP) is 0.688. The summed E-state index contributed by atoms with van der Waals surface area (Å²) < 4.78 is 29.4. The molecule has 2 heterocycles. The molecule has 0 amide bonds. The number of pyridine rings is 1. The topological polar surface area (TPSA) is 71.5 Å². The SMILES string of the molecule is CC(C)NCC1COCCN1c1ncccc1S(C)(=O)=O. The molecule has 1 aliphatic rings. The minimum atomic E-state index is -3.30. The molecule has 7 heteroatoms. The van der Waals surface area contributed by atoms with Crippen LogP contribution in [0.25, 0.3) is 0 Å². The Labute approximate surface area is 126 Å². The Hall–Kier alpha value is -1.18. The summed E-state index contributed by atoms with van der Waals surface area (Å²) in [4.78, 5) is 6.63. The Balaban J connectivity index is 2.29. The fraction of sp³-hybridized carbons (Fsp3) is 0.643. The highest BCUT2D eigenvalue weighted by Crippen LogP contribution is 2.25. The standard InChI is InChI=1S/C14H23N3O3S/c1-11(2)16-9-12-10-20-8-7-17(12)14-13(21(3,18)19)5-4-6-15-14/h4-6,11-12,16H,7-10H2,1-3H3. The maximum atomic E-state index is 12.0. The van der Waals surface area contributed by atoms with Gasteiger partial charge in [-0.25, -0.2) is 13.4 Å². The molecule has 1 aromatic rings. The molecule has 0 aromatic carbocycles. The van der Waals surface area contributed by atoms with Gasteiger partial charge in [0.2, 0.25) is 0 Å². The highest BCUT2D eigenvalue weighted by molar-refractivity contribution is 7.90. The summed E-state index contributed by atoms with van der Waals surface area (Å²) >= 11 is 0. The lowest BCUT2D eigenvalue weighted by molar-refractivity contribution is 0.0925. The van der Waals surface area contributed by atoms with Crippen LogP contribution in [-0.4, -0.2) is 58.0 Å². The molecular formula is C14H23N3O3S. The van der Waals surface area contributed by atoms with Crippen LogP contribution in [0, 0.1) is 0 Å². The Morgan fingerprint density at radius 1 is 1.52 bits per heavy atom. The Bertz CT molecular complexity index is 575. The van der Waals surface area contributed by atoms with E-state index in [0.717, 1.165) is 6.54 Å². The van der Waals surface area contributed by atoms with Gasteiger partial charge in [-0.2, -0.15) is 0 Å². The summed E-state index contributed by atoms with van der Waals surface area (Å²) in [6, 6.07) is 3.71. The fourth-order valence-corrected chi connectivity index (χ4v) is 3.19. The molecule has 1 atom stereocenters. The van der Waals surface area contributed by atoms with E-state index in [9.17, 15) is 8.42 Å². The molecule has 1 unspecified atom stereocenters. The number of hydrogen-bond donors (Lipinski definition) is 1.